The second kappa shape index (κ2) is 24.0. The Kier molecular flexibility index (Phi) is 17.2. The Morgan fingerprint density at radius 1 is 0.823 bits per heavy atom. The highest BCUT2D eigenvalue weighted by Gasteiger charge is 2.77. The van der Waals surface area contributed by atoms with E-state index in [0.29, 0.717) is 24.0 Å². The topological polar surface area (TPSA) is 93.6 Å². The number of benzene rings is 4. The minimum Gasteiger partial charge on any atom is -0.457 e. The Morgan fingerprint density at radius 3 is 2.27 bits per heavy atom. The van der Waals surface area contributed by atoms with E-state index >= 15 is 4.79 Å². The van der Waals surface area contributed by atoms with Crippen LogP contribution >= 0.6 is 23.2 Å². The van der Waals surface area contributed by atoms with Crippen LogP contribution in [0.1, 0.15) is 87.7 Å². The number of imidazole rings is 1. The number of ether oxygens (including phenoxy) is 2. The number of aromatic nitrogens is 2. The number of unbranched alkanes of at least 4 members (excludes halogenated alkanes) is 1. The Hall–Kier alpha value is -4.18. The van der Waals surface area contributed by atoms with Crippen LogP contribution in [0.4, 0.5) is 0 Å². The van der Waals surface area contributed by atoms with E-state index in [1.165, 1.54) is 24.0 Å². The SMILES string of the molecule is CCC12C(=O)C34C5C[C@H](Cc6ccc(Cl)cc6)N(C)C3[C@@H](COC)NC4[C@H](C)N(Cc3ccc(Cl)cc3Oc3ccc(-c4cnc(CN6CCCC6)n4C)cc3)C1C[C@@H](Cc1ccccc1)C2N(C)[C@@H](CCCCN(C)C)CN5. The summed E-state index contributed by atoms with van der Waals surface area (Å²) < 4.78 is 15.5. The number of piperidine rings is 1. The van der Waals surface area contributed by atoms with Gasteiger partial charge in [0.1, 0.15) is 17.3 Å². The van der Waals surface area contributed by atoms with Crippen molar-refractivity contribution in [3.8, 4) is 22.8 Å². The van der Waals surface area contributed by atoms with Crippen molar-refractivity contribution in [3.63, 3.8) is 0 Å². The van der Waals surface area contributed by atoms with E-state index in [-0.39, 0.29) is 60.3 Å². The predicted octanol–water partition coefficient (Wildman–Crippen LogP) is 10.2. The summed E-state index contributed by atoms with van der Waals surface area (Å²) in [6, 6.07) is 33.8. The van der Waals surface area contributed by atoms with E-state index in [1.807, 2.05) is 37.6 Å². The second-order valence-corrected chi connectivity index (χ2v) is 25.7. The Balaban J connectivity index is 1.02. The van der Waals surface area contributed by atoms with E-state index in [9.17, 15) is 0 Å². The van der Waals surface area contributed by atoms with E-state index in [0.717, 1.165) is 123 Å². The van der Waals surface area contributed by atoms with Gasteiger partial charge >= 0.3 is 0 Å². The van der Waals surface area contributed by atoms with Gasteiger partial charge < -0.3 is 29.6 Å². The van der Waals surface area contributed by atoms with Crippen LogP contribution in [0.2, 0.25) is 10.0 Å². The van der Waals surface area contributed by atoms with Crippen LogP contribution in [-0.2, 0) is 42.5 Å². The maximum atomic E-state index is 17.8. The normalized spacial score (nSPS) is 31.3. The van der Waals surface area contributed by atoms with E-state index < -0.39 is 10.8 Å². The molecule has 1 spiro atoms. The molecule has 2 N–H and O–H groups in total. The number of nitrogens with one attached hydrogen (secondary N) is 2. The van der Waals surface area contributed by atoms with Gasteiger partial charge in [-0.15, -0.1) is 0 Å². The van der Waals surface area contributed by atoms with Crippen molar-refractivity contribution in [2.45, 2.75) is 146 Å². The van der Waals surface area contributed by atoms with Crippen LogP contribution in [0.5, 0.6) is 11.5 Å². The maximum absolute atomic E-state index is 17.8. The molecule has 7 unspecified atom stereocenters. The first-order valence-electron chi connectivity index (χ1n) is 29.7. The third-order valence-corrected chi connectivity index (χ3v) is 20.8. The number of carbonyl (C=O) groups is 1. The minimum atomic E-state index is -0.790. The summed E-state index contributed by atoms with van der Waals surface area (Å²) in [6.45, 7) is 10.9. The highest BCUT2D eigenvalue weighted by atomic mass is 35.5. The number of nitrogens with zero attached hydrogens (tertiary/aromatic N) is 7. The molecule has 5 aliphatic heterocycles. The number of hydrogen-bond donors (Lipinski definition) is 2. The molecule has 6 heterocycles. The molecule has 0 radical (unpaired) electrons. The van der Waals surface area contributed by atoms with E-state index in [2.05, 4.69) is 162 Å². The molecule has 4 aromatic carbocycles. The summed E-state index contributed by atoms with van der Waals surface area (Å²) in [5, 5.41) is 10.0. The molecule has 1 saturated carbocycles. The molecule has 12 nitrogen and oxygen atoms in total. The monoisotopic (exact) mass is 1110 g/mol. The van der Waals surface area contributed by atoms with Crippen LogP contribution in [0.25, 0.3) is 11.3 Å². The van der Waals surface area contributed by atoms with Gasteiger partial charge in [0.25, 0.3) is 0 Å². The van der Waals surface area contributed by atoms with Gasteiger partial charge in [0.2, 0.25) is 0 Å². The molecule has 2 bridgehead atoms. The van der Waals surface area contributed by atoms with Gasteiger partial charge in [-0.2, -0.15) is 0 Å². The van der Waals surface area contributed by atoms with Gasteiger partial charge in [-0.05, 0) is 178 Å². The molecule has 6 aliphatic rings. The third kappa shape index (κ3) is 10.7. The number of methoxy groups -OCH3 is 1. The first-order chi connectivity index (χ1) is 38.2. The first-order valence-corrected chi connectivity index (χ1v) is 30.5. The molecule has 6 fully saturated rings. The Morgan fingerprint density at radius 2 is 1.54 bits per heavy atom. The second-order valence-electron chi connectivity index (χ2n) is 24.8. The Labute approximate surface area is 481 Å². The lowest BCUT2D eigenvalue weighted by atomic mass is 9.54. The quantitative estimate of drug-likeness (QED) is 0.0775. The maximum Gasteiger partial charge on any atom is 0.153 e. The predicted molar refractivity (Wildman–Crippen MR) is 319 cm³/mol. The molecule has 12 atom stereocenters. The van der Waals surface area contributed by atoms with E-state index in [4.69, 9.17) is 37.7 Å². The summed E-state index contributed by atoms with van der Waals surface area (Å²) >= 11 is 13.4. The van der Waals surface area contributed by atoms with Gasteiger partial charge in [-0.3, -0.25) is 24.4 Å². The van der Waals surface area contributed by atoms with Crippen LogP contribution in [0, 0.1) is 16.7 Å². The van der Waals surface area contributed by atoms with E-state index in [1.54, 1.807) is 0 Å². The highest BCUT2D eigenvalue weighted by Crippen LogP contribution is 2.63. The molecule has 5 saturated heterocycles. The number of likely N-dealkylation sites (N-methyl/N-ethyl adjacent to an activating group) is 2. The first kappa shape index (κ1) is 56.7. The fourth-order valence-electron chi connectivity index (χ4n) is 16.6. The zero-order valence-corrected chi connectivity index (χ0v) is 49.7. The molecular formula is C65H87Cl2N9O3. The molecule has 0 amide bonds. The van der Waals surface area contributed by atoms with Crippen LogP contribution in [-0.4, -0.2) is 162 Å². The standard InChI is InChI=1S/C65H87Cl2N9O3/c1-9-64-58-35-48(33-44-17-11-10-12-18-44)61(64)72(5)51(19-13-14-30-71(3)4)38-68-57-37-52(34-45-20-25-49(66)26-21-45)73(6)62-54(42-78-8)70-60(65(57,62)63(64)77)43(2)76(58)40-47-22-27-50(67)36-56(47)79-53-28-23-46(24-29-53)55-39-69-59(74(55)7)41-75-31-15-16-32-75/h10-12,17-18,20-29,36,39,43,48,51-52,54,57-58,60-62,68,70H,9,13-16,19,30-35,37-38,40-42H2,1-8H3/t43-,48+,51-,52-,54+,57?,58?,60?,61?,62?,64?,65?/m0/s1. The summed E-state index contributed by atoms with van der Waals surface area (Å²) in [5.41, 5.74) is 4.30. The molecule has 5 aromatic rings. The van der Waals surface area contributed by atoms with Crippen molar-refractivity contribution in [1.29, 1.82) is 0 Å². The molecule has 14 heteroatoms. The Bertz CT molecular complexity index is 2860. The summed E-state index contributed by atoms with van der Waals surface area (Å²) in [5.74, 6) is 3.23. The van der Waals surface area contributed by atoms with Crippen molar-refractivity contribution in [1.82, 2.24) is 44.7 Å². The van der Waals surface area contributed by atoms with Crippen LogP contribution in [0.3, 0.4) is 0 Å². The number of halogens is 2. The lowest BCUT2D eigenvalue weighted by Gasteiger charge is -2.57. The molecular weight excluding hydrogens is 1030 g/mol. The minimum absolute atomic E-state index is 0.00757. The van der Waals surface area contributed by atoms with Crippen LogP contribution in [0.15, 0.2) is 103 Å². The number of ketones is 1. The number of rotatable bonds is 19. The summed E-state index contributed by atoms with van der Waals surface area (Å²) in [6.07, 6.45) is 12.1. The van der Waals surface area contributed by atoms with Crippen molar-refractivity contribution < 1.29 is 14.3 Å². The van der Waals surface area contributed by atoms with Gasteiger partial charge in [0.15, 0.2) is 5.78 Å². The van der Waals surface area contributed by atoms with Crippen molar-refractivity contribution in [2.75, 3.05) is 68.1 Å². The molecule has 1 aromatic heterocycles. The van der Waals surface area contributed by atoms with Gasteiger partial charge in [0, 0.05) is 103 Å². The van der Waals surface area contributed by atoms with Crippen molar-refractivity contribution in [3.05, 3.63) is 136 Å². The average Bonchev–Trinajstić information content (AvgIpc) is 3.40. The van der Waals surface area contributed by atoms with Gasteiger partial charge in [0.05, 0.1) is 35.9 Å². The van der Waals surface area contributed by atoms with Crippen LogP contribution < -0.4 is 15.4 Å². The van der Waals surface area contributed by atoms with Gasteiger partial charge in [-0.25, -0.2) is 4.98 Å². The number of carbonyl (C=O) groups excluding carboxylic acids is 1. The number of likely N-dealkylation sites (tertiary alicyclic amines) is 3. The molecule has 79 heavy (non-hydrogen) atoms. The van der Waals surface area contributed by atoms with Crippen molar-refractivity contribution >= 4 is 29.0 Å². The smallest absolute Gasteiger partial charge is 0.153 e. The van der Waals surface area contributed by atoms with Gasteiger partial charge in [-0.1, -0.05) is 85.1 Å². The summed E-state index contributed by atoms with van der Waals surface area (Å²) in [4.78, 5) is 35.6. The fraction of sp³-hybridized carbons (Fsp3) is 0.569. The number of Topliss-reactive ketones (excluding diaryl/α,β-unsaturated/α-hetero) is 1. The summed E-state index contributed by atoms with van der Waals surface area (Å²) in [7, 11) is 13.0. The van der Waals surface area contributed by atoms with Crippen molar-refractivity contribution in [2.24, 2.45) is 23.8 Å². The zero-order chi connectivity index (χ0) is 55.2. The largest absolute Gasteiger partial charge is 0.457 e. The molecule has 424 valence electrons. The lowest BCUT2D eigenvalue weighted by Crippen LogP contribution is -2.73. The lowest BCUT2D eigenvalue weighted by molar-refractivity contribution is -0.154. The molecule has 1 aliphatic carbocycles. The zero-order valence-electron chi connectivity index (χ0n) is 48.2. The third-order valence-electron chi connectivity index (χ3n) is 20.3. The molecule has 11 rings (SSSR count). The fourth-order valence-corrected chi connectivity index (χ4v) is 16.9. The number of hydrogen-bond acceptors (Lipinski definition) is 11. The average molecular weight is 1110 g/mol. The highest BCUT2D eigenvalue weighted by molar-refractivity contribution is 6.31.